The molecular weight excluding hydrogens is 168 g/mol. The van der Waals surface area contributed by atoms with Gasteiger partial charge in [0.15, 0.2) is 0 Å². The topological polar surface area (TPSA) is 52.6 Å². The summed E-state index contributed by atoms with van der Waals surface area (Å²) in [4.78, 5) is 0. The van der Waals surface area contributed by atoms with Crippen LogP contribution in [0.25, 0.3) is 0 Å². The van der Waals surface area contributed by atoms with Crippen molar-refractivity contribution in [1.82, 2.24) is 0 Å². The molecule has 0 amide bonds. The van der Waals surface area contributed by atoms with Gasteiger partial charge in [0.2, 0.25) is 0 Å². The van der Waals surface area contributed by atoms with E-state index in [1.807, 2.05) is 0 Å². The minimum absolute atomic E-state index is 0.482. The molecular formula is C6H10O4S. The van der Waals surface area contributed by atoms with Crippen molar-refractivity contribution >= 4 is 10.1 Å². The van der Waals surface area contributed by atoms with E-state index in [9.17, 15) is 8.42 Å². The molecule has 11 heavy (non-hydrogen) atoms. The Labute approximate surface area is 65.9 Å². The molecule has 5 heteroatoms. The predicted molar refractivity (Wildman–Crippen MR) is 39.4 cm³/mol. The van der Waals surface area contributed by atoms with Crippen LogP contribution in [0, 0.1) is 0 Å². The summed E-state index contributed by atoms with van der Waals surface area (Å²) in [6.07, 6.45) is 3.03. The summed E-state index contributed by atoms with van der Waals surface area (Å²) >= 11 is 0. The minimum atomic E-state index is -3.34. The van der Waals surface area contributed by atoms with Crippen molar-refractivity contribution in [2.75, 3.05) is 19.5 Å². The molecule has 0 atom stereocenters. The lowest BCUT2D eigenvalue weighted by molar-refractivity contribution is 0.204. The smallest absolute Gasteiger partial charge is 0.305 e. The summed E-state index contributed by atoms with van der Waals surface area (Å²) < 4.78 is 30.4. The Hall–Kier alpha value is -0.550. The molecule has 1 saturated heterocycles. The molecule has 0 spiro atoms. The van der Waals surface area contributed by atoms with Gasteiger partial charge in [0, 0.05) is 0 Å². The van der Waals surface area contributed by atoms with E-state index >= 15 is 0 Å². The van der Waals surface area contributed by atoms with E-state index in [-0.39, 0.29) is 0 Å². The summed E-state index contributed by atoms with van der Waals surface area (Å²) in [5, 5.41) is 0. The van der Waals surface area contributed by atoms with Crippen LogP contribution in [-0.4, -0.2) is 27.9 Å². The van der Waals surface area contributed by atoms with Crippen LogP contribution >= 0.6 is 0 Å². The molecule has 1 aliphatic heterocycles. The van der Waals surface area contributed by atoms with E-state index < -0.39 is 10.1 Å². The van der Waals surface area contributed by atoms with E-state index in [0.717, 1.165) is 18.2 Å². The second-order valence-corrected chi connectivity index (χ2v) is 3.98. The monoisotopic (exact) mass is 178 g/mol. The van der Waals surface area contributed by atoms with Gasteiger partial charge in [-0.05, 0) is 12.0 Å². The molecule has 1 heterocycles. The fraction of sp³-hybridized carbons (Fsp3) is 0.667. The Morgan fingerprint density at radius 1 is 1.64 bits per heavy atom. The number of ether oxygens (including phenoxy) is 1. The van der Waals surface area contributed by atoms with Crippen molar-refractivity contribution in [1.29, 1.82) is 0 Å². The van der Waals surface area contributed by atoms with E-state index in [4.69, 9.17) is 4.74 Å². The van der Waals surface area contributed by atoms with E-state index in [0.29, 0.717) is 13.2 Å². The molecule has 0 aromatic carbocycles. The van der Waals surface area contributed by atoms with Gasteiger partial charge in [-0.1, -0.05) is 0 Å². The Balaban J connectivity index is 2.47. The van der Waals surface area contributed by atoms with Crippen molar-refractivity contribution < 1.29 is 17.3 Å². The van der Waals surface area contributed by atoms with Crippen LogP contribution in [0.1, 0.15) is 6.42 Å². The van der Waals surface area contributed by atoms with Crippen LogP contribution in [0.2, 0.25) is 0 Å². The van der Waals surface area contributed by atoms with Gasteiger partial charge >= 0.3 is 10.1 Å². The standard InChI is InChI=1S/C6H10O4S/c1-11(7,8)10-5-6-2-3-9-4-6/h5H,2-4H2,1H3/b6-5-. The van der Waals surface area contributed by atoms with Crippen LogP contribution in [0.3, 0.4) is 0 Å². The number of rotatable bonds is 2. The summed E-state index contributed by atoms with van der Waals surface area (Å²) in [6, 6.07) is 0. The highest BCUT2D eigenvalue weighted by atomic mass is 32.2. The first kappa shape index (κ1) is 8.55. The summed E-state index contributed by atoms with van der Waals surface area (Å²) in [5.74, 6) is 0. The maximum absolute atomic E-state index is 10.5. The lowest BCUT2D eigenvalue weighted by Crippen LogP contribution is -1.97. The van der Waals surface area contributed by atoms with Crippen molar-refractivity contribution in [3.8, 4) is 0 Å². The molecule has 0 unspecified atom stereocenters. The number of hydrogen-bond acceptors (Lipinski definition) is 4. The second kappa shape index (κ2) is 3.23. The Morgan fingerprint density at radius 3 is 2.82 bits per heavy atom. The van der Waals surface area contributed by atoms with E-state index in [1.165, 1.54) is 6.26 Å². The van der Waals surface area contributed by atoms with Crippen molar-refractivity contribution in [3.63, 3.8) is 0 Å². The highest BCUT2D eigenvalue weighted by molar-refractivity contribution is 7.86. The molecule has 0 aromatic heterocycles. The van der Waals surface area contributed by atoms with Crippen molar-refractivity contribution in [3.05, 3.63) is 11.8 Å². The van der Waals surface area contributed by atoms with Gasteiger partial charge in [-0.3, -0.25) is 0 Å². The minimum Gasteiger partial charge on any atom is -0.391 e. The molecule has 0 radical (unpaired) electrons. The molecule has 0 N–H and O–H groups in total. The summed E-state index contributed by atoms with van der Waals surface area (Å²) in [6.45, 7) is 1.13. The van der Waals surface area contributed by atoms with Crippen LogP contribution in [0.15, 0.2) is 11.8 Å². The summed E-state index contributed by atoms with van der Waals surface area (Å²) in [7, 11) is -3.34. The Kier molecular flexibility index (Phi) is 2.51. The highest BCUT2D eigenvalue weighted by Gasteiger charge is 2.08. The van der Waals surface area contributed by atoms with Gasteiger partial charge in [-0.15, -0.1) is 0 Å². The molecule has 1 aliphatic rings. The molecule has 1 rings (SSSR count). The molecule has 0 bridgehead atoms. The lowest BCUT2D eigenvalue weighted by atomic mass is 10.3. The third kappa shape index (κ3) is 3.38. The zero-order valence-corrected chi connectivity index (χ0v) is 7.06. The molecule has 4 nitrogen and oxygen atoms in total. The Morgan fingerprint density at radius 2 is 2.36 bits per heavy atom. The van der Waals surface area contributed by atoms with Crippen LogP contribution in [-0.2, 0) is 19.0 Å². The zero-order chi connectivity index (χ0) is 8.32. The van der Waals surface area contributed by atoms with Gasteiger partial charge in [0.1, 0.15) is 6.26 Å². The normalized spacial score (nSPS) is 22.5. The van der Waals surface area contributed by atoms with Crippen molar-refractivity contribution in [2.24, 2.45) is 0 Å². The van der Waals surface area contributed by atoms with Crippen LogP contribution < -0.4 is 0 Å². The quantitative estimate of drug-likeness (QED) is 0.450. The third-order valence-corrected chi connectivity index (χ3v) is 1.69. The molecule has 0 saturated carbocycles. The highest BCUT2D eigenvalue weighted by Crippen LogP contribution is 2.10. The van der Waals surface area contributed by atoms with Crippen LogP contribution in [0.5, 0.6) is 0 Å². The predicted octanol–water partition coefficient (Wildman–Crippen LogP) is 0.267. The van der Waals surface area contributed by atoms with Gasteiger partial charge in [-0.2, -0.15) is 8.42 Å². The van der Waals surface area contributed by atoms with Gasteiger partial charge < -0.3 is 8.92 Å². The van der Waals surface area contributed by atoms with Crippen molar-refractivity contribution in [2.45, 2.75) is 6.42 Å². The third-order valence-electron chi connectivity index (χ3n) is 1.24. The van der Waals surface area contributed by atoms with E-state index in [2.05, 4.69) is 4.18 Å². The maximum atomic E-state index is 10.5. The molecule has 0 aliphatic carbocycles. The van der Waals surface area contributed by atoms with Gasteiger partial charge in [0.05, 0.1) is 19.5 Å². The lowest BCUT2D eigenvalue weighted by Gasteiger charge is -1.95. The van der Waals surface area contributed by atoms with Gasteiger partial charge in [0.25, 0.3) is 0 Å². The van der Waals surface area contributed by atoms with E-state index in [1.54, 1.807) is 0 Å². The van der Waals surface area contributed by atoms with Crippen LogP contribution in [0.4, 0.5) is 0 Å². The molecule has 64 valence electrons. The fourth-order valence-electron chi connectivity index (χ4n) is 0.727. The first-order chi connectivity index (χ1) is 5.08. The molecule has 0 aromatic rings. The summed E-state index contributed by atoms with van der Waals surface area (Å²) in [5.41, 5.74) is 0.885. The average molecular weight is 178 g/mol. The second-order valence-electron chi connectivity index (χ2n) is 2.38. The first-order valence-corrected chi connectivity index (χ1v) is 5.03. The number of hydrogen-bond donors (Lipinski definition) is 0. The first-order valence-electron chi connectivity index (χ1n) is 3.22. The fourth-order valence-corrected chi connectivity index (χ4v) is 1.04. The maximum Gasteiger partial charge on any atom is 0.305 e. The SMILES string of the molecule is CS(=O)(=O)O/C=C1/CCOC1. The zero-order valence-electron chi connectivity index (χ0n) is 6.24. The van der Waals surface area contributed by atoms with Gasteiger partial charge in [-0.25, -0.2) is 0 Å². The average Bonchev–Trinajstić information content (AvgIpc) is 2.32. The Bertz CT molecular complexity index is 244. The largest absolute Gasteiger partial charge is 0.391 e. The molecule has 1 fully saturated rings.